The molecule has 3 aromatic rings. The van der Waals surface area contributed by atoms with Gasteiger partial charge in [0.05, 0.1) is 10.3 Å². The Bertz CT molecular complexity index is 1130. The minimum atomic E-state index is -0.248. The summed E-state index contributed by atoms with van der Waals surface area (Å²) in [5.41, 5.74) is 2.15. The summed E-state index contributed by atoms with van der Waals surface area (Å²) in [6, 6.07) is 7.55. The highest BCUT2D eigenvalue weighted by molar-refractivity contribution is 7.20. The summed E-state index contributed by atoms with van der Waals surface area (Å²) in [6.07, 6.45) is 0.856. The van der Waals surface area contributed by atoms with Crippen LogP contribution in [-0.4, -0.2) is 21.2 Å². The SMILES string of the molecule is CCc1nc2sc(C(=O)Nc3ccccc3C)c(C)c2c(=O)n1CCC(C)=O. The average molecular weight is 398 g/mol. The van der Waals surface area contributed by atoms with Gasteiger partial charge in [-0.3, -0.25) is 19.0 Å². The van der Waals surface area contributed by atoms with Gasteiger partial charge in [-0.25, -0.2) is 4.98 Å². The van der Waals surface area contributed by atoms with Crippen molar-refractivity contribution >= 4 is 38.9 Å². The number of hydrogen-bond acceptors (Lipinski definition) is 5. The van der Waals surface area contributed by atoms with E-state index < -0.39 is 0 Å². The molecule has 0 spiro atoms. The average Bonchev–Trinajstić information content (AvgIpc) is 2.99. The standard InChI is InChI=1S/C21H23N3O3S/c1-5-16-23-20-17(21(27)24(16)11-10-13(3)25)14(4)18(28-20)19(26)22-15-9-7-6-8-12(15)2/h6-9H,5,10-11H2,1-4H3,(H,22,26). The molecule has 1 N–H and O–H groups in total. The van der Waals surface area contributed by atoms with Gasteiger partial charge in [-0.05, 0) is 38.0 Å². The van der Waals surface area contributed by atoms with Gasteiger partial charge in [-0.2, -0.15) is 0 Å². The van der Waals surface area contributed by atoms with Crippen molar-refractivity contribution in [1.82, 2.24) is 9.55 Å². The zero-order valence-corrected chi connectivity index (χ0v) is 17.3. The number of ketones is 1. The van der Waals surface area contributed by atoms with Gasteiger partial charge in [0, 0.05) is 25.1 Å². The molecule has 1 amide bonds. The second-order valence-corrected chi connectivity index (χ2v) is 7.79. The maximum Gasteiger partial charge on any atom is 0.266 e. The third-order valence-corrected chi connectivity index (χ3v) is 5.92. The van der Waals surface area contributed by atoms with E-state index in [0.29, 0.717) is 39.4 Å². The van der Waals surface area contributed by atoms with Crippen molar-refractivity contribution in [1.29, 1.82) is 0 Å². The highest BCUT2D eigenvalue weighted by Crippen LogP contribution is 2.28. The molecule has 0 unspecified atom stereocenters. The first-order valence-corrected chi connectivity index (χ1v) is 10.0. The number of benzene rings is 1. The molecule has 6 nitrogen and oxygen atoms in total. The molecule has 7 heteroatoms. The van der Waals surface area contributed by atoms with Crippen LogP contribution in [0.25, 0.3) is 10.2 Å². The number of carbonyl (C=O) groups is 2. The van der Waals surface area contributed by atoms with E-state index in [1.165, 1.54) is 18.3 Å². The number of thiophene rings is 1. The second-order valence-electron chi connectivity index (χ2n) is 6.80. The third kappa shape index (κ3) is 3.75. The molecule has 1 aromatic carbocycles. The number of nitrogens with one attached hydrogen (secondary N) is 1. The molecule has 0 aliphatic rings. The summed E-state index contributed by atoms with van der Waals surface area (Å²) in [4.78, 5) is 42.9. The van der Waals surface area contributed by atoms with Crippen molar-refractivity contribution in [2.24, 2.45) is 0 Å². The number of Topliss-reactive ketones (excluding diaryl/α,β-unsaturated/α-hetero) is 1. The predicted octanol–water partition coefficient (Wildman–Crippen LogP) is 3.87. The van der Waals surface area contributed by atoms with Crippen LogP contribution in [0.4, 0.5) is 5.69 Å². The Morgan fingerprint density at radius 1 is 1.21 bits per heavy atom. The number of aryl methyl sites for hydroxylation is 3. The number of fused-ring (bicyclic) bond motifs is 1. The fourth-order valence-electron chi connectivity index (χ4n) is 3.14. The summed E-state index contributed by atoms with van der Waals surface area (Å²) >= 11 is 1.23. The second kappa shape index (κ2) is 8.06. The number of hydrogen-bond donors (Lipinski definition) is 1. The molecule has 0 atom stereocenters. The highest BCUT2D eigenvalue weighted by Gasteiger charge is 2.21. The first-order chi connectivity index (χ1) is 13.3. The van der Waals surface area contributed by atoms with Crippen LogP contribution in [0.5, 0.6) is 0 Å². The monoisotopic (exact) mass is 397 g/mol. The molecule has 146 valence electrons. The Morgan fingerprint density at radius 3 is 2.57 bits per heavy atom. The lowest BCUT2D eigenvalue weighted by Crippen LogP contribution is -2.26. The van der Waals surface area contributed by atoms with E-state index in [2.05, 4.69) is 10.3 Å². The van der Waals surface area contributed by atoms with Gasteiger partial charge >= 0.3 is 0 Å². The summed E-state index contributed by atoms with van der Waals surface area (Å²) in [5, 5.41) is 3.38. The lowest BCUT2D eigenvalue weighted by Gasteiger charge is -2.10. The van der Waals surface area contributed by atoms with Gasteiger partial charge in [-0.15, -0.1) is 11.3 Å². The molecular formula is C21H23N3O3S. The van der Waals surface area contributed by atoms with Gasteiger partial charge in [0.25, 0.3) is 11.5 Å². The molecule has 0 radical (unpaired) electrons. The Balaban J connectivity index is 2.06. The van der Waals surface area contributed by atoms with E-state index in [1.807, 2.05) is 38.1 Å². The van der Waals surface area contributed by atoms with Crippen LogP contribution in [0.2, 0.25) is 0 Å². The summed E-state index contributed by atoms with van der Waals surface area (Å²) in [7, 11) is 0. The first-order valence-electron chi connectivity index (χ1n) is 9.22. The minimum absolute atomic E-state index is 0.0226. The largest absolute Gasteiger partial charge is 0.321 e. The summed E-state index contributed by atoms with van der Waals surface area (Å²) in [5.74, 6) is 0.405. The van der Waals surface area contributed by atoms with Crippen LogP contribution >= 0.6 is 11.3 Å². The van der Waals surface area contributed by atoms with Crippen LogP contribution in [0.3, 0.4) is 0 Å². The lowest BCUT2D eigenvalue weighted by atomic mass is 10.1. The van der Waals surface area contributed by atoms with E-state index in [4.69, 9.17) is 0 Å². The Labute approximate surface area is 167 Å². The zero-order valence-electron chi connectivity index (χ0n) is 16.5. The smallest absolute Gasteiger partial charge is 0.266 e. The predicted molar refractivity (Wildman–Crippen MR) is 112 cm³/mol. The number of aromatic nitrogens is 2. The van der Waals surface area contributed by atoms with E-state index in [0.717, 1.165) is 11.3 Å². The van der Waals surface area contributed by atoms with Crippen molar-refractivity contribution in [3.63, 3.8) is 0 Å². The Hall–Kier alpha value is -2.80. The molecule has 28 heavy (non-hydrogen) atoms. The third-order valence-electron chi connectivity index (χ3n) is 4.73. The van der Waals surface area contributed by atoms with Crippen molar-refractivity contribution in [2.75, 3.05) is 5.32 Å². The molecule has 0 saturated heterocycles. The maximum atomic E-state index is 13.1. The van der Waals surface area contributed by atoms with Gasteiger partial charge in [-0.1, -0.05) is 25.1 Å². The molecule has 0 aliphatic carbocycles. The maximum absolute atomic E-state index is 13.1. The molecule has 0 fully saturated rings. The van der Waals surface area contributed by atoms with Crippen molar-refractivity contribution < 1.29 is 9.59 Å². The molecule has 0 bridgehead atoms. The van der Waals surface area contributed by atoms with Crippen LogP contribution in [0, 0.1) is 13.8 Å². The van der Waals surface area contributed by atoms with Crippen molar-refractivity contribution in [2.45, 2.75) is 47.1 Å². The highest BCUT2D eigenvalue weighted by atomic mass is 32.1. The summed E-state index contributed by atoms with van der Waals surface area (Å²) < 4.78 is 1.56. The molecule has 0 saturated carbocycles. The molecular weight excluding hydrogens is 374 g/mol. The zero-order chi connectivity index (χ0) is 20.4. The van der Waals surface area contributed by atoms with Crippen LogP contribution in [0.15, 0.2) is 29.1 Å². The minimum Gasteiger partial charge on any atom is -0.321 e. The number of nitrogens with zero attached hydrogens (tertiary/aromatic N) is 2. The number of rotatable bonds is 6. The van der Waals surface area contributed by atoms with Crippen molar-refractivity contribution in [3.05, 3.63) is 56.4 Å². The fraction of sp³-hybridized carbons (Fsp3) is 0.333. The Kier molecular flexibility index (Phi) is 5.74. The van der Waals surface area contributed by atoms with Crippen LogP contribution in [0.1, 0.15) is 46.9 Å². The van der Waals surface area contributed by atoms with E-state index in [1.54, 1.807) is 11.5 Å². The lowest BCUT2D eigenvalue weighted by molar-refractivity contribution is -0.117. The van der Waals surface area contributed by atoms with E-state index in [-0.39, 0.29) is 23.7 Å². The van der Waals surface area contributed by atoms with Gasteiger partial charge < -0.3 is 5.32 Å². The Morgan fingerprint density at radius 2 is 1.93 bits per heavy atom. The number of anilines is 1. The number of amides is 1. The van der Waals surface area contributed by atoms with E-state index in [9.17, 15) is 14.4 Å². The number of carbonyl (C=O) groups excluding carboxylic acids is 2. The van der Waals surface area contributed by atoms with E-state index >= 15 is 0 Å². The molecule has 0 aliphatic heterocycles. The van der Waals surface area contributed by atoms with Gasteiger partial charge in [0.2, 0.25) is 0 Å². The molecule has 2 heterocycles. The number of para-hydroxylation sites is 1. The van der Waals surface area contributed by atoms with Crippen molar-refractivity contribution in [3.8, 4) is 0 Å². The molecule has 3 rings (SSSR count). The quantitative estimate of drug-likeness (QED) is 0.685. The van der Waals surface area contributed by atoms with Crippen LogP contribution in [-0.2, 0) is 17.8 Å². The molecule has 2 aromatic heterocycles. The summed E-state index contributed by atoms with van der Waals surface area (Å²) in [6.45, 7) is 7.43. The topological polar surface area (TPSA) is 81.1 Å². The van der Waals surface area contributed by atoms with Crippen LogP contribution < -0.4 is 10.9 Å². The normalized spacial score (nSPS) is 11.0. The fourth-order valence-corrected chi connectivity index (χ4v) is 4.22. The van der Waals surface area contributed by atoms with Gasteiger partial charge in [0.1, 0.15) is 16.4 Å². The van der Waals surface area contributed by atoms with Gasteiger partial charge in [0.15, 0.2) is 0 Å². The first kappa shape index (κ1) is 19.9.